The Labute approximate surface area is 120 Å². The Balaban J connectivity index is 1.61. The number of piperidine rings is 2. The lowest BCUT2D eigenvalue weighted by Crippen LogP contribution is -2.56. The molecule has 4 heteroatoms. The molecule has 0 spiro atoms. The standard InChI is InChI=1S/C16H24N2O2/c1-8-4-12-11-6-9-7-18(13(11)5-8)15(12)16(20)10(9)2-3-14(17)19/h8-13,15H,2-7H2,1H3,(H2,17,19). The minimum atomic E-state index is -0.268. The van der Waals surface area contributed by atoms with Crippen molar-refractivity contribution in [3.05, 3.63) is 0 Å². The normalized spacial score (nSPS) is 52.4. The number of Topliss-reactive ketones (excluding diaryl/α,β-unsaturated/α-hetero) is 1. The van der Waals surface area contributed by atoms with Crippen LogP contribution in [0.3, 0.4) is 0 Å². The van der Waals surface area contributed by atoms with E-state index in [4.69, 9.17) is 5.73 Å². The van der Waals surface area contributed by atoms with Gasteiger partial charge in [-0.05, 0) is 49.4 Å². The predicted molar refractivity (Wildman–Crippen MR) is 74.7 cm³/mol. The summed E-state index contributed by atoms with van der Waals surface area (Å²) < 4.78 is 0. The van der Waals surface area contributed by atoms with Gasteiger partial charge in [0.15, 0.2) is 5.78 Å². The summed E-state index contributed by atoms with van der Waals surface area (Å²) >= 11 is 0. The van der Waals surface area contributed by atoms with E-state index in [9.17, 15) is 9.59 Å². The highest BCUT2D eigenvalue weighted by atomic mass is 16.1. The zero-order valence-corrected chi connectivity index (χ0v) is 12.1. The molecular weight excluding hydrogens is 252 g/mol. The molecule has 1 aliphatic carbocycles. The number of carbonyl (C=O) groups is 2. The first-order chi connectivity index (χ1) is 9.56. The summed E-state index contributed by atoms with van der Waals surface area (Å²) in [4.78, 5) is 26.5. The van der Waals surface area contributed by atoms with E-state index in [1.54, 1.807) is 0 Å². The van der Waals surface area contributed by atoms with Gasteiger partial charge in [0.25, 0.3) is 0 Å². The molecule has 5 bridgehead atoms. The molecular formula is C16H24N2O2. The highest BCUT2D eigenvalue weighted by molar-refractivity contribution is 5.89. The molecule has 8 unspecified atom stereocenters. The summed E-state index contributed by atoms with van der Waals surface area (Å²) in [6, 6.07) is 0.845. The monoisotopic (exact) mass is 276 g/mol. The van der Waals surface area contributed by atoms with Crippen molar-refractivity contribution in [1.29, 1.82) is 0 Å². The van der Waals surface area contributed by atoms with E-state index >= 15 is 0 Å². The van der Waals surface area contributed by atoms with Crippen LogP contribution in [0.15, 0.2) is 0 Å². The van der Waals surface area contributed by atoms with E-state index in [0.717, 1.165) is 18.4 Å². The van der Waals surface area contributed by atoms with Crippen LogP contribution in [0, 0.1) is 29.6 Å². The van der Waals surface area contributed by atoms with Gasteiger partial charge in [0, 0.05) is 24.9 Å². The summed E-state index contributed by atoms with van der Waals surface area (Å²) in [5, 5.41) is 0. The Morgan fingerprint density at radius 1 is 1.30 bits per heavy atom. The average Bonchev–Trinajstić information content (AvgIpc) is 2.55. The molecule has 4 rings (SSSR count). The van der Waals surface area contributed by atoms with Crippen LogP contribution in [-0.2, 0) is 9.59 Å². The van der Waals surface area contributed by atoms with Crippen molar-refractivity contribution < 1.29 is 9.59 Å². The second-order valence-corrected chi connectivity index (χ2v) is 7.62. The number of nitrogens with zero attached hydrogens (tertiary/aromatic N) is 1. The lowest BCUT2D eigenvalue weighted by Gasteiger charge is -2.46. The second kappa shape index (κ2) is 4.30. The van der Waals surface area contributed by atoms with Gasteiger partial charge in [0.1, 0.15) is 0 Å². The first-order valence-electron chi connectivity index (χ1n) is 8.14. The number of fused-ring (bicyclic) bond motifs is 2. The zero-order chi connectivity index (χ0) is 14.0. The minimum Gasteiger partial charge on any atom is -0.370 e. The molecule has 3 aliphatic heterocycles. The largest absolute Gasteiger partial charge is 0.370 e. The van der Waals surface area contributed by atoms with E-state index in [0.29, 0.717) is 36.5 Å². The van der Waals surface area contributed by atoms with E-state index in [-0.39, 0.29) is 17.9 Å². The molecule has 4 fully saturated rings. The Bertz CT molecular complexity index is 463. The van der Waals surface area contributed by atoms with Gasteiger partial charge in [-0.3, -0.25) is 14.5 Å². The van der Waals surface area contributed by atoms with Crippen LogP contribution in [0.1, 0.15) is 39.0 Å². The van der Waals surface area contributed by atoms with Gasteiger partial charge < -0.3 is 5.73 Å². The maximum Gasteiger partial charge on any atom is 0.217 e. The SMILES string of the molecule is CC1CC2C3CC4CN(C3C1)C2C(=O)C4CCC(N)=O. The number of amides is 1. The van der Waals surface area contributed by atoms with Crippen LogP contribution in [0.4, 0.5) is 0 Å². The van der Waals surface area contributed by atoms with Crippen LogP contribution in [0.5, 0.6) is 0 Å². The maximum absolute atomic E-state index is 12.9. The molecule has 3 saturated heterocycles. The first-order valence-corrected chi connectivity index (χ1v) is 8.14. The Morgan fingerprint density at radius 3 is 2.85 bits per heavy atom. The summed E-state index contributed by atoms with van der Waals surface area (Å²) in [5.41, 5.74) is 5.27. The molecule has 8 atom stereocenters. The molecule has 1 amide bonds. The fourth-order valence-corrected chi connectivity index (χ4v) is 5.87. The van der Waals surface area contributed by atoms with Crippen molar-refractivity contribution in [2.24, 2.45) is 35.3 Å². The molecule has 110 valence electrons. The lowest BCUT2D eigenvalue weighted by molar-refractivity contribution is -0.136. The minimum absolute atomic E-state index is 0.102. The van der Waals surface area contributed by atoms with Gasteiger partial charge in [-0.2, -0.15) is 0 Å². The highest BCUT2D eigenvalue weighted by Gasteiger charge is 2.62. The third kappa shape index (κ3) is 1.63. The smallest absolute Gasteiger partial charge is 0.217 e. The summed E-state index contributed by atoms with van der Waals surface area (Å²) in [7, 11) is 0. The van der Waals surface area contributed by atoms with Crippen LogP contribution >= 0.6 is 0 Å². The molecule has 4 nitrogen and oxygen atoms in total. The molecule has 3 heterocycles. The molecule has 4 aliphatic rings. The van der Waals surface area contributed by atoms with Gasteiger partial charge in [-0.25, -0.2) is 0 Å². The fourth-order valence-electron chi connectivity index (χ4n) is 5.87. The molecule has 0 aromatic carbocycles. The molecule has 0 aromatic rings. The van der Waals surface area contributed by atoms with Crippen LogP contribution in [0.2, 0.25) is 0 Å². The van der Waals surface area contributed by atoms with Crippen LogP contribution in [0.25, 0.3) is 0 Å². The van der Waals surface area contributed by atoms with Crippen molar-refractivity contribution in [2.75, 3.05) is 6.54 Å². The Morgan fingerprint density at radius 2 is 2.10 bits per heavy atom. The zero-order valence-electron chi connectivity index (χ0n) is 12.1. The number of hydrogen-bond acceptors (Lipinski definition) is 3. The van der Waals surface area contributed by atoms with Gasteiger partial charge in [0.2, 0.25) is 5.91 Å². The third-order valence-corrected chi connectivity index (χ3v) is 6.50. The molecule has 2 N–H and O–H groups in total. The van der Waals surface area contributed by atoms with E-state index < -0.39 is 0 Å². The van der Waals surface area contributed by atoms with E-state index in [1.807, 2.05) is 0 Å². The van der Waals surface area contributed by atoms with Crippen molar-refractivity contribution in [3.63, 3.8) is 0 Å². The Hall–Kier alpha value is -0.900. The maximum atomic E-state index is 12.9. The number of rotatable bonds is 3. The molecule has 1 saturated carbocycles. The van der Waals surface area contributed by atoms with Crippen molar-refractivity contribution in [1.82, 2.24) is 4.90 Å². The number of nitrogens with two attached hydrogens (primary N) is 1. The summed E-state index contributed by atoms with van der Waals surface area (Å²) in [6.45, 7) is 3.42. The number of carbonyl (C=O) groups excluding carboxylic acids is 2. The quantitative estimate of drug-likeness (QED) is 0.842. The number of hydrogen-bond donors (Lipinski definition) is 1. The summed E-state index contributed by atoms with van der Waals surface area (Å²) in [5.74, 6) is 2.86. The van der Waals surface area contributed by atoms with Gasteiger partial charge >= 0.3 is 0 Å². The fraction of sp³-hybridized carbons (Fsp3) is 0.875. The summed E-state index contributed by atoms with van der Waals surface area (Å²) in [6.07, 6.45) is 4.77. The molecule has 20 heavy (non-hydrogen) atoms. The van der Waals surface area contributed by atoms with Crippen molar-refractivity contribution in [2.45, 2.75) is 51.1 Å². The topological polar surface area (TPSA) is 63.4 Å². The van der Waals surface area contributed by atoms with Gasteiger partial charge in [-0.15, -0.1) is 0 Å². The average molecular weight is 276 g/mol. The first kappa shape index (κ1) is 12.8. The lowest BCUT2D eigenvalue weighted by atomic mass is 9.70. The van der Waals surface area contributed by atoms with Crippen molar-refractivity contribution >= 4 is 11.7 Å². The number of ketones is 1. The molecule has 0 aromatic heterocycles. The highest BCUT2D eigenvalue weighted by Crippen LogP contribution is 2.57. The third-order valence-electron chi connectivity index (χ3n) is 6.50. The number of primary amides is 1. The molecule has 0 radical (unpaired) electrons. The van der Waals surface area contributed by atoms with E-state index in [2.05, 4.69) is 11.8 Å². The van der Waals surface area contributed by atoms with Crippen LogP contribution in [-0.4, -0.2) is 35.2 Å². The van der Waals surface area contributed by atoms with Gasteiger partial charge in [0.05, 0.1) is 6.04 Å². The van der Waals surface area contributed by atoms with Gasteiger partial charge in [-0.1, -0.05) is 6.92 Å². The van der Waals surface area contributed by atoms with E-state index in [1.165, 1.54) is 19.3 Å². The predicted octanol–water partition coefficient (Wildman–Crippen LogP) is 1.19. The van der Waals surface area contributed by atoms with Crippen LogP contribution < -0.4 is 5.73 Å². The van der Waals surface area contributed by atoms with Crippen molar-refractivity contribution in [3.8, 4) is 0 Å². The Kier molecular flexibility index (Phi) is 2.75. The second-order valence-electron chi connectivity index (χ2n) is 7.62.